The van der Waals surface area contributed by atoms with Gasteiger partial charge in [-0.1, -0.05) is 12.1 Å². The minimum Gasteiger partial charge on any atom is -0.320 e. The molecule has 1 amide bonds. The molecule has 2 aromatic heterocycles. The van der Waals surface area contributed by atoms with Gasteiger partial charge in [0.2, 0.25) is 0 Å². The van der Waals surface area contributed by atoms with Crippen LogP contribution in [0.25, 0.3) is 10.6 Å². The quantitative estimate of drug-likeness (QED) is 0.772. The maximum absolute atomic E-state index is 13.5. The van der Waals surface area contributed by atoms with E-state index in [4.69, 9.17) is 0 Å². The van der Waals surface area contributed by atoms with Crippen LogP contribution in [0.3, 0.4) is 0 Å². The normalized spacial score (nSPS) is 10.6. The first-order chi connectivity index (χ1) is 10.1. The summed E-state index contributed by atoms with van der Waals surface area (Å²) in [5.74, 6) is -0.730. The van der Waals surface area contributed by atoms with Crippen molar-refractivity contribution in [3.8, 4) is 10.6 Å². The number of benzene rings is 1. The first kappa shape index (κ1) is 13.5. The van der Waals surface area contributed by atoms with Crippen molar-refractivity contribution in [2.24, 2.45) is 0 Å². The third-order valence-electron chi connectivity index (χ3n) is 3.03. The van der Waals surface area contributed by atoms with Crippen LogP contribution in [0.5, 0.6) is 0 Å². The second kappa shape index (κ2) is 5.49. The molecule has 0 atom stereocenters. The summed E-state index contributed by atoms with van der Waals surface area (Å²) < 4.78 is 13.5. The van der Waals surface area contributed by atoms with Crippen LogP contribution in [0, 0.1) is 12.7 Å². The van der Waals surface area contributed by atoms with Gasteiger partial charge < -0.3 is 5.32 Å². The molecule has 2 heterocycles. The predicted octanol–water partition coefficient (Wildman–Crippen LogP) is 3.84. The number of rotatable bonds is 3. The molecule has 0 unspecified atom stereocenters. The number of hydrogen-bond donors (Lipinski definition) is 2. The number of nitrogens with zero attached hydrogens (tertiary/aromatic N) is 1. The van der Waals surface area contributed by atoms with E-state index in [9.17, 15) is 9.18 Å². The van der Waals surface area contributed by atoms with E-state index in [2.05, 4.69) is 15.5 Å². The number of carbonyl (C=O) groups is 1. The summed E-state index contributed by atoms with van der Waals surface area (Å²) in [6, 6.07) is 10.1. The predicted molar refractivity (Wildman–Crippen MR) is 81.0 cm³/mol. The third kappa shape index (κ3) is 2.85. The molecule has 0 aliphatic carbocycles. The van der Waals surface area contributed by atoms with Gasteiger partial charge in [0.25, 0.3) is 5.91 Å². The lowest BCUT2D eigenvalue weighted by molar-refractivity contribution is 0.102. The number of carbonyl (C=O) groups excluding carboxylic acids is 1. The summed E-state index contributed by atoms with van der Waals surface area (Å²) in [4.78, 5) is 13.1. The van der Waals surface area contributed by atoms with E-state index >= 15 is 0 Å². The standard InChI is InChI=1S/C15H12FN3OS/c1-9-4-5-10(7-11(9)16)17-15(20)13-8-12(18-19-13)14-3-2-6-21-14/h2-8H,1H3,(H,17,20)(H,18,19). The van der Waals surface area contributed by atoms with Crippen molar-refractivity contribution in [3.05, 3.63) is 58.9 Å². The van der Waals surface area contributed by atoms with E-state index in [1.165, 1.54) is 6.07 Å². The summed E-state index contributed by atoms with van der Waals surface area (Å²) in [6.45, 7) is 1.67. The molecule has 6 heteroatoms. The van der Waals surface area contributed by atoms with Crippen LogP contribution < -0.4 is 5.32 Å². The van der Waals surface area contributed by atoms with Crippen molar-refractivity contribution in [3.63, 3.8) is 0 Å². The van der Waals surface area contributed by atoms with Crippen LogP contribution in [-0.4, -0.2) is 16.1 Å². The fourth-order valence-corrected chi connectivity index (χ4v) is 2.55. The lowest BCUT2D eigenvalue weighted by Gasteiger charge is -2.04. The van der Waals surface area contributed by atoms with Gasteiger partial charge >= 0.3 is 0 Å². The largest absolute Gasteiger partial charge is 0.320 e. The molecule has 0 bridgehead atoms. The molecule has 1 aromatic carbocycles. The number of nitrogens with one attached hydrogen (secondary N) is 2. The lowest BCUT2D eigenvalue weighted by Crippen LogP contribution is -2.12. The second-order valence-electron chi connectivity index (χ2n) is 4.56. The summed E-state index contributed by atoms with van der Waals surface area (Å²) in [6.07, 6.45) is 0. The number of aromatic amines is 1. The summed E-state index contributed by atoms with van der Waals surface area (Å²) in [7, 11) is 0. The minimum atomic E-state index is -0.377. The maximum Gasteiger partial charge on any atom is 0.276 e. The number of amides is 1. The highest BCUT2D eigenvalue weighted by Crippen LogP contribution is 2.23. The van der Waals surface area contributed by atoms with Crippen molar-refractivity contribution < 1.29 is 9.18 Å². The van der Waals surface area contributed by atoms with Crippen LogP contribution in [0.4, 0.5) is 10.1 Å². The monoisotopic (exact) mass is 301 g/mol. The summed E-state index contributed by atoms with van der Waals surface area (Å²) >= 11 is 1.56. The van der Waals surface area contributed by atoms with Crippen LogP contribution in [0.1, 0.15) is 16.1 Å². The molecule has 21 heavy (non-hydrogen) atoms. The Hall–Kier alpha value is -2.47. The Bertz CT molecular complexity index is 780. The molecule has 0 aliphatic rings. The third-order valence-corrected chi connectivity index (χ3v) is 3.93. The number of anilines is 1. The van der Waals surface area contributed by atoms with Gasteiger partial charge in [0.1, 0.15) is 5.82 Å². The summed E-state index contributed by atoms with van der Waals surface area (Å²) in [5, 5.41) is 11.4. The first-order valence-corrected chi connectivity index (χ1v) is 7.18. The van der Waals surface area contributed by atoms with Gasteiger partial charge in [-0.15, -0.1) is 11.3 Å². The zero-order valence-corrected chi connectivity index (χ0v) is 12.0. The topological polar surface area (TPSA) is 57.8 Å². The Morgan fingerprint density at radius 2 is 2.19 bits per heavy atom. The van der Waals surface area contributed by atoms with Crippen LogP contribution in [-0.2, 0) is 0 Å². The molecule has 3 rings (SSSR count). The second-order valence-corrected chi connectivity index (χ2v) is 5.51. The van der Waals surface area contributed by atoms with E-state index in [-0.39, 0.29) is 17.4 Å². The SMILES string of the molecule is Cc1ccc(NC(=O)c2cc(-c3cccs3)[nH]n2)cc1F. The van der Waals surface area contributed by atoms with Gasteiger partial charge in [0.05, 0.1) is 10.6 Å². The minimum absolute atomic E-state index is 0.263. The lowest BCUT2D eigenvalue weighted by atomic mass is 10.2. The van der Waals surface area contributed by atoms with Crippen LogP contribution in [0.2, 0.25) is 0 Å². The van der Waals surface area contributed by atoms with E-state index < -0.39 is 0 Å². The number of H-pyrrole nitrogens is 1. The highest BCUT2D eigenvalue weighted by Gasteiger charge is 2.12. The van der Waals surface area contributed by atoms with Crippen molar-refractivity contribution in [1.82, 2.24) is 10.2 Å². The van der Waals surface area contributed by atoms with Gasteiger partial charge in [-0.25, -0.2) is 4.39 Å². The van der Waals surface area contributed by atoms with E-state index in [1.807, 2.05) is 17.5 Å². The molecule has 0 radical (unpaired) electrons. The Morgan fingerprint density at radius 3 is 2.90 bits per heavy atom. The van der Waals surface area contributed by atoms with Gasteiger partial charge in [-0.3, -0.25) is 9.89 Å². The Labute approximate surface area is 124 Å². The van der Waals surface area contributed by atoms with Crippen molar-refractivity contribution in [1.29, 1.82) is 0 Å². The van der Waals surface area contributed by atoms with Crippen molar-refractivity contribution >= 4 is 22.9 Å². The molecule has 106 valence electrons. The molecule has 0 aliphatic heterocycles. The molecular formula is C15H12FN3OS. The zero-order chi connectivity index (χ0) is 14.8. The van der Waals surface area contributed by atoms with Crippen molar-refractivity contribution in [2.45, 2.75) is 6.92 Å². The average molecular weight is 301 g/mol. The van der Waals surface area contributed by atoms with E-state index in [1.54, 1.807) is 36.5 Å². The Morgan fingerprint density at radius 1 is 1.33 bits per heavy atom. The number of thiophene rings is 1. The summed E-state index contributed by atoms with van der Waals surface area (Å²) in [5.41, 5.74) is 1.99. The smallest absolute Gasteiger partial charge is 0.276 e. The molecule has 3 aromatic rings. The number of halogens is 1. The molecule has 0 fully saturated rings. The maximum atomic E-state index is 13.5. The van der Waals surface area contributed by atoms with E-state index in [0.717, 1.165) is 10.6 Å². The van der Waals surface area contributed by atoms with Gasteiger partial charge in [-0.05, 0) is 42.1 Å². The first-order valence-electron chi connectivity index (χ1n) is 6.30. The number of aryl methyl sites for hydroxylation is 1. The molecule has 2 N–H and O–H groups in total. The Kier molecular flexibility index (Phi) is 3.53. The average Bonchev–Trinajstić information content (AvgIpc) is 3.12. The van der Waals surface area contributed by atoms with Crippen LogP contribution >= 0.6 is 11.3 Å². The fraction of sp³-hybridized carbons (Fsp3) is 0.0667. The molecule has 0 spiro atoms. The zero-order valence-electron chi connectivity index (χ0n) is 11.2. The molecular weight excluding hydrogens is 289 g/mol. The molecule has 0 saturated carbocycles. The van der Waals surface area contributed by atoms with Gasteiger partial charge in [-0.2, -0.15) is 5.10 Å². The van der Waals surface area contributed by atoms with Gasteiger partial charge in [0, 0.05) is 5.69 Å². The number of hydrogen-bond acceptors (Lipinski definition) is 3. The number of aromatic nitrogens is 2. The van der Waals surface area contributed by atoms with Gasteiger partial charge in [0.15, 0.2) is 5.69 Å². The van der Waals surface area contributed by atoms with Crippen molar-refractivity contribution in [2.75, 3.05) is 5.32 Å². The fourth-order valence-electron chi connectivity index (χ4n) is 1.86. The highest BCUT2D eigenvalue weighted by molar-refractivity contribution is 7.13. The molecule has 0 saturated heterocycles. The van der Waals surface area contributed by atoms with Crippen LogP contribution in [0.15, 0.2) is 41.8 Å². The highest BCUT2D eigenvalue weighted by atomic mass is 32.1. The Balaban J connectivity index is 1.78. The molecule has 4 nitrogen and oxygen atoms in total. The van der Waals surface area contributed by atoms with E-state index in [0.29, 0.717) is 11.3 Å².